The Kier molecular flexibility index (Phi) is 6.64. The predicted octanol–water partition coefficient (Wildman–Crippen LogP) is -0.0340. The molecule has 90 valence electrons. The Balaban J connectivity index is 0.00000225. The van der Waals surface area contributed by atoms with Crippen molar-refractivity contribution in [1.82, 2.24) is 15.4 Å². The molecule has 1 heterocycles. The van der Waals surface area contributed by atoms with E-state index in [9.17, 15) is 4.79 Å². The van der Waals surface area contributed by atoms with E-state index in [0.717, 1.165) is 5.69 Å². The van der Waals surface area contributed by atoms with E-state index >= 15 is 0 Å². The van der Waals surface area contributed by atoms with Crippen molar-refractivity contribution in [1.29, 1.82) is 0 Å². The number of rotatable bonds is 4. The first-order valence-corrected chi connectivity index (χ1v) is 4.73. The SMILES string of the molecule is CN(C)NC(=O)C(N)Cc1ccccn1.Cl. The Hall–Kier alpha value is -1.17. The van der Waals surface area contributed by atoms with Gasteiger partial charge < -0.3 is 5.73 Å². The zero-order valence-electron chi connectivity index (χ0n) is 9.38. The number of aromatic nitrogens is 1. The number of hydrazine groups is 1. The summed E-state index contributed by atoms with van der Waals surface area (Å²) in [7, 11) is 3.48. The van der Waals surface area contributed by atoms with E-state index in [1.807, 2.05) is 18.2 Å². The van der Waals surface area contributed by atoms with Crippen LogP contribution in [-0.2, 0) is 11.2 Å². The molecule has 16 heavy (non-hydrogen) atoms. The minimum atomic E-state index is -0.567. The summed E-state index contributed by atoms with van der Waals surface area (Å²) in [5, 5.41) is 1.57. The highest BCUT2D eigenvalue weighted by Gasteiger charge is 2.14. The molecule has 0 aromatic carbocycles. The predicted molar refractivity (Wildman–Crippen MR) is 65.0 cm³/mol. The molecule has 3 N–H and O–H groups in total. The molecule has 0 saturated heterocycles. The Labute approximate surface area is 101 Å². The maximum absolute atomic E-state index is 11.5. The first kappa shape index (κ1) is 14.8. The fourth-order valence-corrected chi connectivity index (χ4v) is 1.14. The maximum Gasteiger partial charge on any atom is 0.251 e. The van der Waals surface area contributed by atoms with Crippen molar-refractivity contribution >= 4 is 18.3 Å². The largest absolute Gasteiger partial charge is 0.320 e. The monoisotopic (exact) mass is 244 g/mol. The van der Waals surface area contributed by atoms with Crippen molar-refractivity contribution in [3.05, 3.63) is 30.1 Å². The Morgan fingerprint density at radius 2 is 2.25 bits per heavy atom. The minimum absolute atomic E-state index is 0. The molecule has 0 aliphatic rings. The van der Waals surface area contributed by atoms with Crippen LogP contribution in [0.15, 0.2) is 24.4 Å². The van der Waals surface area contributed by atoms with Crippen LogP contribution in [0.3, 0.4) is 0 Å². The summed E-state index contributed by atoms with van der Waals surface area (Å²) >= 11 is 0. The van der Waals surface area contributed by atoms with Gasteiger partial charge in [0.1, 0.15) is 0 Å². The fraction of sp³-hybridized carbons (Fsp3) is 0.400. The van der Waals surface area contributed by atoms with Crippen LogP contribution in [0.25, 0.3) is 0 Å². The maximum atomic E-state index is 11.5. The molecule has 6 heteroatoms. The number of amides is 1. The molecule has 0 bridgehead atoms. The van der Waals surface area contributed by atoms with Gasteiger partial charge in [-0.2, -0.15) is 0 Å². The van der Waals surface area contributed by atoms with Gasteiger partial charge in [-0.15, -0.1) is 12.4 Å². The molecule has 1 amide bonds. The second-order valence-electron chi connectivity index (χ2n) is 3.50. The zero-order valence-corrected chi connectivity index (χ0v) is 10.2. The number of carbonyl (C=O) groups is 1. The summed E-state index contributed by atoms with van der Waals surface area (Å²) in [6.45, 7) is 0. The molecule has 1 aromatic heterocycles. The number of nitrogens with zero attached hydrogens (tertiary/aromatic N) is 2. The molecule has 1 unspecified atom stereocenters. The lowest BCUT2D eigenvalue weighted by Gasteiger charge is -2.16. The van der Waals surface area contributed by atoms with Gasteiger partial charge in [0.2, 0.25) is 0 Å². The van der Waals surface area contributed by atoms with Crippen LogP contribution in [0.5, 0.6) is 0 Å². The molecule has 5 nitrogen and oxygen atoms in total. The van der Waals surface area contributed by atoms with Crippen LogP contribution in [0.4, 0.5) is 0 Å². The second-order valence-corrected chi connectivity index (χ2v) is 3.50. The van der Waals surface area contributed by atoms with Crippen molar-refractivity contribution < 1.29 is 4.79 Å². The Bertz CT molecular complexity index is 318. The van der Waals surface area contributed by atoms with Gasteiger partial charge in [-0.1, -0.05) is 6.07 Å². The third kappa shape index (κ3) is 5.06. The third-order valence-electron chi connectivity index (χ3n) is 1.83. The van der Waals surface area contributed by atoms with E-state index in [-0.39, 0.29) is 18.3 Å². The lowest BCUT2D eigenvalue weighted by Crippen LogP contribution is -2.47. The summed E-state index contributed by atoms with van der Waals surface area (Å²) in [5.41, 5.74) is 9.14. The molecule has 0 saturated carbocycles. The van der Waals surface area contributed by atoms with Crippen LogP contribution >= 0.6 is 12.4 Å². The summed E-state index contributed by atoms with van der Waals surface area (Å²) in [5.74, 6) is -0.203. The van der Waals surface area contributed by atoms with Gasteiger partial charge in [0, 0.05) is 32.4 Å². The Morgan fingerprint density at radius 3 is 2.75 bits per heavy atom. The van der Waals surface area contributed by atoms with E-state index in [1.165, 1.54) is 0 Å². The number of hydrogen-bond donors (Lipinski definition) is 2. The second kappa shape index (κ2) is 7.16. The molecule has 1 rings (SSSR count). The highest BCUT2D eigenvalue weighted by Crippen LogP contribution is 1.97. The zero-order chi connectivity index (χ0) is 11.3. The van der Waals surface area contributed by atoms with Crippen molar-refractivity contribution in [2.75, 3.05) is 14.1 Å². The average molecular weight is 245 g/mol. The van der Waals surface area contributed by atoms with Crippen LogP contribution in [0.2, 0.25) is 0 Å². The first-order valence-electron chi connectivity index (χ1n) is 4.73. The van der Waals surface area contributed by atoms with E-state index in [0.29, 0.717) is 6.42 Å². The number of carbonyl (C=O) groups excluding carboxylic acids is 1. The smallest absolute Gasteiger partial charge is 0.251 e. The molecule has 0 fully saturated rings. The minimum Gasteiger partial charge on any atom is -0.320 e. The summed E-state index contributed by atoms with van der Waals surface area (Å²) < 4.78 is 0. The summed E-state index contributed by atoms with van der Waals surface area (Å²) in [6.07, 6.45) is 2.13. The van der Waals surface area contributed by atoms with E-state index in [2.05, 4.69) is 10.4 Å². The van der Waals surface area contributed by atoms with E-state index in [1.54, 1.807) is 25.3 Å². The van der Waals surface area contributed by atoms with Crippen LogP contribution < -0.4 is 11.2 Å². The number of pyridine rings is 1. The molecule has 0 aliphatic heterocycles. The third-order valence-corrected chi connectivity index (χ3v) is 1.83. The molecule has 0 radical (unpaired) electrons. The Morgan fingerprint density at radius 1 is 1.56 bits per heavy atom. The van der Waals surface area contributed by atoms with Gasteiger partial charge in [0.15, 0.2) is 0 Å². The highest BCUT2D eigenvalue weighted by molar-refractivity contribution is 5.85. The van der Waals surface area contributed by atoms with Crippen molar-refractivity contribution in [3.8, 4) is 0 Å². The normalized spacial score (nSPS) is 11.8. The lowest BCUT2D eigenvalue weighted by atomic mass is 10.1. The van der Waals surface area contributed by atoms with Crippen molar-refractivity contribution in [2.24, 2.45) is 5.73 Å². The fourth-order valence-electron chi connectivity index (χ4n) is 1.14. The summed E-state index contributed by atoms with van der Waals surface area (Å²) in [4.78, 5) is 15.6. The molecular weight excluding hydrogens is 228 g/mol. The number of hydrogen-bond acceptors (Lipinski definition) is 4. The van der Waals surface area contributed by atoms with Gasteiger partial charge in [-0.25, -0.2) is 5.01 Å². The van der Waals surface area contributed by atoms with Crippen molar-refractivity contribution in [3.63, 3.8) is 0 Å². The highest BCUT2D eigenvalue weighted by atomic mass is 35.5. The van der Waals surface area contributed by atoms with Gasteiger partial charge in [0.05, 0.1) is 6.04 Å². The molecular formula is C10H17ClN4O. The number of nitrogens with one attached hydrogen (secondary N) is 1. The van der Waals surface area contributed by atoms with Gasteiger partial charge in [0.25, 0.3) is 5.91 Å². The topological polar surface area (TPSA) is 71.2 Å². The molecule has 1 atom stereocenters. The van der Waals surface area contributed by atoms with Crippen LogP contribution in [-0.4, -0.2) is 36.0 Å². The van der Waals surface area contributed by atoms with E-state index < -0.39 is 6.04 Å². The standard InChI is InChI=1S/C10H16N4O.ClH/c1-14(2)13-10(15)9(11)7-8-5-3-4-6-12-8;/h3-6,9H,7,11H2,1-2H3,(H,13,15);1H. The van der Waals surface area contributed by atoms with E-state index in [4.69, 9.17) is 5.73 Å². The first-order chi connectivity index (χ1) is 7.09. The van der Waals surface area contributed by atoms with Gasteiger partial charge in [-0.3, -0.25) is 15.2 Å². The van der Waals surface area contributed by atoms with Gasteiger partial charge >= 0.3 is 0 Å². The average Bonchev–Trinajstić information content (AvgIpc) is 2.18. The molecule has 0 spiro atoms. The number of halogens is 1. The molecule has 1 aromatic rings. The quantitative estimate of drug-likeness (QED) is 0.730. The lowest BCUT2D eigenvalue weighted by molar-refractivity contribution is -0.126. The number of nitrogens with two attached hydrogens (primary N) is 1. The van der Waals surface area contributed by atoms with Crippen molar-refractivity contribution in [2.45, 2.75) is 12.5 Å². The molecule has 0 aliphatic carbocycles. The van der Waals surface area contributed by atoms with Gasteiger partial charge in [-0.05, 0) is 12.1 Å². The van der Waals surface area contributed by atoms with Crippen LogP contribution in [0, 0.1) is 0 Å². The summed E-state index contributed by atoms with van der Waals surface area (Å²) in [6, 6.07) is 4.98. The van der Waals surface area contributed by atoms with Crippen LogP contribution in [0.1, 0.15) is 5.69 Å².